The van der Waals surface area contributed by atoms with Crippen LogP contribution in [0.4, 0.5) is 16.6 Å². The molecule has 0 bridgehead atoms. The number of thiazole rings is 1. The van der Waals surface area contributed by atoms with Gasteiger partial charge >= 0.3 is 0 Å². The summed E-state index contributed by atoms with van der Waals surface area (Å²) in [6.45, 7) is 9.43. The van der Waals surface area contributed by atoms with Crippen molar-refractivity contribution in [2.75, 3.05) is 36.0 Å². The van der Waals surface area contributed by atoms with Crippen molar-refractivity contribution in [1.29, 1.82) is 0 Å². The van der Waals surface area contributed by atoms with Crippen LogP contribution in [0, 0.1) is 30.9 Å². The standard InChI is InChI=1S/C15H19N5O2S/c1-10-8-13(20(21)22)9-16-14(10)18-4-6-19(7-5-18)15-17-11(2)12(3)23-15/h8-9H,4-7H2,1-3H3. The average Bonchev–Trinajstić information content (AvgIpc) is 2.87. The average molecular weight is 333 g/mol. The van der Waals surface area contributed by atoms with E-state index in [0.717, 1.165) is 48.4 Å². The maximum absolute atomic E-state index is 10.8. The van der Waals surface area contributed by atoms with Gasteiger partial charge in [-0.15, -0.1) is 11.3 Å². The lowest BCUT2D eigenvalue weighted by Gasteiger charge is -2.35. The van der Waals surface area contributed by atoms with E-state index in [1.165, 1.54) is 11.1 Å². The first-order valence-corrected chi connectivity index (χ1v) is 8.32. The van der Waals surface area contributed by atoms with Gasteiger partial charge in [-0.2, -0.15) is 0 Å². The van der Waals surface area contributed by atoms with E-state index in [-0.39, 0.29) is 5.69 Å². The SMILES string of the molecule is Cc1cc([N+](=O)[O-])cnc1N1CCN(c2nc(C)c(C)s2)CC1. The molecule has 1 saturated heterocycles. The molecule has 23 heavy (non-hydrogen) atoms. The highest BCUT2D eigenvalue weighted by Gasteiger charge is 2.22. The Balaban J connectivity index is 1.70. The van der Waals surface area contributed by atoms with E-state index in [0.29, 0.717) is 0 Å². The van der Waals surface area contributed by atoms with Crippen LogP contribution in [-0.4, -0.2) is 41.1 Å². The molecule has 1 fully saturated rings. The third kappa shape index (κ3) is 3.12. The maximum atomic E-state index is 10.8. The molecule has 1 aliphatic heterocycles. The predicted molar refractivity (Wildman–Crippen MR) is 91.6 cm³/mol. The minimum absolute atomic E-state index is 0.0404. The molecule has 7 nitrogen and oxygen atoms in total. The van der Waals surface area contributed by atoms with Crippen LogP contribution in [0.2, 0.25) is 0 Å². The smallest absolute Gasteiger partial charge is 0.287 e. The summed E-state index contributed by atoms with van der Waals surface area (Å²) in [6.07, 6.45) is 1.34. The van der Waals surface area contributed by atoms with Gasteiger partial charge in [0.1, 0.15) is 12.0 Å². The number of hydrogen-bond donors (Lipinski definition) is 0. The van der Waals surface area contributed by atoms with Crippen LogP contribution in [0.5, 0.6) is 0 Å². The molecule has 0 radical (unpaired) electrons. The Morgan fingerprint density at radius 1 is 1.17 bits per heavy atom. The van der Waals surface area contributed by atoms with Crippen LogP contribution in [0.15, 0.2) is 12.3 Å². The highest BCUT2D eigenvalue weighted by atomic mass is 32.1. The van der Waals surface area contributed by atoms with Gasteiger partial charge in [0.25, 0.3) is 5.69 Å². The lowest BCUT2D eigenvalue weighted by Crippen LogP contribution is -2.47. The molecule has 3 rings (SSSR count). The van der Waals surface area contributed by atoms with Crippen molar-refractivity contribution in [3.05, 3.63) is 38.5 Å². The zero-order valence-corrected chi connectivity index (χ0v) is 14.3. The molecule has 0 atom stereocenters. The normalized spacial score (nSPS) is 15.1. The fraction of sp³-hybridized carbons (Fsp3) is 0.467. The minimum atomic E-state index is -0.408. The summed E-state index contributed by atoms with van der Waals surface area (Å²) < 4.78 is 0. The maximum Gasteiger partial charge on any atom is 0.287 e. The number of aryl methyl sites for hydroxylation is 3. The van der Waals surface area contributed by atoms with E-state index in [4.69, 9.17) is 0 Å². The monoisotopic (exact) mass is 333 g/mol. The molecule has 8 heteroatoms. The van der Waals surface area contributed by atoms with E-state index in [1.54, 1.807) is 17.4 Å². The third-order valence-electron chi connectivity index (χ3n) is 4.11. The minimum Gasteiger partial charge on any atom is -0.353 e. The van der Waals surface area contributed by atoms with Crippen molar-refractivity contribution >= 4 is 28.0 Å². The molecule has 0 amide bonds. The number of anilines is 2. The van der Waals surface area contributed by atoms with E-state index >= 15 is 0 Å². The second kappa shape index (κ2) is 6.11. The lowest BCUT2D eigenvalue weighted by atomic mass is 10.2. The molecular formula is C15H19N5O2S. The molecule has 0 aliphatic carbocycles. The Kier molecular flexibility index (Phi) is 4.16. The van der Waals surface area contributed by atoms with Gasteiger partial charge in [0.05, 0.1) is 10.6 Å². The Hall–Kier alpha value is -2.22. The largest absolute Gasteiger partial charge is 0.353 e. The van der Waals surface area contributed by atoms with E-state index in [9.17, 15) is 10.1 Å². The Bertz CT molecular complexity index is 718. The summed E-state index contributed by atoms with van der Waals surface area (Å²) in [5.41, 5.74) is 1.98. The molecule has 0 N–H and O–H groups in total. The molecule has 122 valence electrons. The van der Waals surface area contributed by atoms with Crippen molar-refractivity contribution in [1.82, 2.24) is 9.97 Å². The Morgan fingerprint density at radius 3 is 2.35 bits per heavy atom. The lowest BCUT2D eigenvalue weighted by molar-refractivity contribution is -0.385. The summed E-state index contributed by atoms with van der Waals surface area (Å²) in [5, 5.41) is 11.9. The first-order valence-electron chi connectivity index (χ1n) is 7.50. The van der Waals surface area contributed by atoms with Crippen molar-refractivity contribution in [3.8, 4) is 0 Å². The van der Waals surface area contributed by atoms with Crippen LogP contribution in [0.25, 0.3) is 0 Å². The van der Waals surface area contributed by atoms with Gasteiger partial charge in [0, 0.05) is 37.1 Å². The fourth-order valence-corrected chi connectivity index (χ4v) is 3.65. The van der Waals surface area contributed by atoms with Crippen LogP contribution in [0.3, 0.4) is 0 Å². The molecule has 0 unspecified atom stereocenters. The number of rotatable bonds is 3. The highest BCUT2D eigenvalue weighted by molar-refractivity contribution is 7.15. The number of nitrogens with zero attached hydrogens (tertiary/aromatic N) is 5. The first kappa shape index (κ1) is 15.7. The summed E-state index contributed by atoms with van der Waals surface area (Å²) in [5.74, 6) is 0.835. The van der Waals surface area contributed by atoms with Crippen LogP contribution in [-0.2, 0) is 0 Å². The van der Waals surface area contributed by atoms with Crippen molar-refractivity contribution < 1.29 is 4.92 Å². The molecule has 2 aromatic heterocycles. The number of pyridine rings is 1. The second-order valence-corrected chi connectivity index (χ2v) is 6.88. The van der Waals surface area contributed by atoms with Gasteiger partial charge in [-0.05, 0) is 26.3 Å². The fourth-order valence-electron chi connectivity index (χ4n) is 2.68. The van der Waals surface area contributed by atoms with Gasteiger partial charge in [0.15, 0.2) is 5.13 Å². The summed E-state index contributed by atoms with van der Waals surface area (Å²) in [7, 11) is 0. The number of nitro groups is 1. The number of hydrogen-bond acceptors (Lipinski definition) is 7. The summed E-state index contributed by atoms with van der Waals surface area (Å²) in [6, 6.07) is 1.59. The van der Waals surface area contributed by atoms with E-state index < -0.39 is 4.92 Å². The van der Waals surface area contributed by atoms with Crippen LogP contribution >= 0.6 is 11.3 Å². The molecule has 0 saturated carbocycles. The van der Waals surface area contributed by atoms with Gasteiger partial charge in [-0.3, -0.25) is 10.1 Å². The van der Waals surface area contributed by atoms with Gasteiger partial charge in [-0.25, -0.2) is 9.97 Å². The van der Waals surface area contributed by atoms with E-state index in [2.05, 4.69) is 26.7 Å². The predicted octanol–water partition coefficient (Wildman–Crippen LogP) is 2.70. The number of aromatic nitrogens is 2. The van der Waals surface area contributed by atoms with Gasteiger partial charge in [-0.1, -0.05) is 0 Å². The second-order valence-electron chi connectivity index (χ2n) is 5.70. The molecule has 1 aliphatic rings. The first-order chi connectivity index (χ1) is 11.0. The van der Waals surface area contributed by atoms with Crippen LogP contribution in [0.1, 0.15) is 16.1 Å². The Labute approximate surface area is 138 Å². The molecular weight excluding hydrogens is 314 g/mol. The summed E-state index contributed by atoms with van der Waals surface area (Å²) in [4.78, 5) is 25.0. The third-order valence-corrected chi connectivity index (χ3v) is 5.25. The topological polar surface area (TPSA) is 75.4 Å². The number of piperazine rings is 1. The molecule has 3 heterocycles. The van der Waals surface area contributed by atoms with Gasteiger partial charge < -0.3 is 9.80 Å². The molecule has 0 aromatic carbocycles. The molecule has 2 aromatic rings. The van der Waals surface area contributed by atoms with Crippen molar-refractivity contribution in [2.24, 2.45) is 0 Å². The quantitative estimate of drug-likeness (QED) is 0.635. The van der Waals surface area contributed by atoms with Crippen LogP contribution < -0.4 is 9.80 Å². The highest BCUT2D eigenvalue weighted by Crippen LogP contribution is 2.28. The zero-order chi connectivity index (χ0) is 16.6. The van der Waals surface area contributed by atoms with Gasteiger partial charge in [0.2, 0.25) is 0 Å². The van der Waals surface area contributed by atoms with Crippen molar-refractivity contribution in [3.63, 3.8) is 0 Å². The zero-order valence-electron chi connectivity index (χ0n) is 13.4. The summed E-state index contributed by atoms with van der Waals surface area (Å²) >= 11 is 1.73. The molecule has 0 spiro atoms. The van der Waals surface area contributed by atoms with Crippen molar-refractivity contribution in [2.45, 2.75) is 20.8 Å². The Morgan fingerprint density at radius 2 is 1.83 bits per heavy atom. The van der Waals surface area contributed by atoms with E-state index in [1.807, 2.05) is 13.8 Å².